The van der Waals surface area contributed by atoms with Crippen molar-refractivity contribution in [1.29, 1.82) is 0 Å². The summed E-state index contributed by atoms with van der Waals surface area (Å²) < 4.78 is 16.4. The minimum Gasteiger partial charge on any atom is -0.497 e. The zero-order valence-corrected chi connectivity index (χ0v) is 12.0. The van der Waals surface area contributed by atoms with E-state index in [-0.39, 0.29) is 0 Å². The molecule has 2 rings (SSSR count). The van der Waals surface area contributed by atoms with E-state index in [9.17, 15) is 0 Å². The topological polar surface area (TPSA) is 27.7 Å². The average Bonchev–Trinajstić information content (AvgIpc) is 2.49. The van der Waals surface area contributed by atoms with Gasteiger partial charge in [0.1, 0.15) is 17.2 Å². The predicted octanol–water partition coefficient (Wildman–Crippen LogP) is 3.85. The molecule has 0 heterocycles. The Morgan fingerprint density at radius 1 is 0.700 bits per heavy atom. The number of ether oxygens (including phenoxy) is 3. The van der Waals surface area contributed by atoms with Crippen molar-refractivity contribution in [3.63, 3.8) is 0 Å². The van der Waals surface area contributed by atoms with Crippen LogP contribution in [0, 0.1) is 6.92 Å². The highest BCUT2D eigenvalue weighted by Gasteiger charge is 1.96. The molecule has 2 aromatic carbocycles. The van der Waals surface area contributed by atoms with Gasteiger partial charge in [0, 0.05) is 6.42 Å². The summed E-state index contributed by atoms with van der Waals surface area (Å²) in [4.78, 5) is 0. The zero-order chi connectivity index (χ0) is 14.2. The third kappa shape index (κ3) is 4.50. The van der Waals surface area contributed by atoms with E-state index in [0.29, 0.717) is 13.2 Å². The van der Waals surface area contributed by atoms with Crippen LogP contribution in [0.4, 0.5) is 0 Å². The molecule has 20 heavy (non-hydrogen) atoms. The lowest BCUT2D eigenvalue weighted by Gasteiger charge is -2.08. The van der Waals surface area contributed by atoms with Gasteiger partial charge in [0.25, 0.3) is 0 Å². The van der Waals surface area contributed by atoms with Crippen LogP contribution in [0.1, 0.15) is 12.0 Å². The summed E-state index contributed by atoms with van der Waals surface area (Å²) in [5.41, 5.74) is 1.24. The first-order valence-corrected chi connectivity index (χ1v) is 6.74. The van der Waals surface area contributed by atoms with E-state index in [1.165, 1.54) is 5.56 Å². The second kappa shape index (κ2) is 7.43. The fourth-order valence-corrected chi connectivity index (χ4v) is 1.75. The highest BCUT2D eigenvalue weighted by Crippen LogP contribution is 2.17. The summed E-state index contributed by atoms with van der Waals surface area (Å²) in [5, 5.41) is 0. The van der Waals surface area contributed by atoms with E-state index in [4.69, 9.17) is 14.2 Å². The Kier molecular flexibility index (Phi) is 5.30. The molecule has 0 atom stereocenters. The maximum Gasteiger partial charge on any atom is 0.119 e. The number of rotatable bonds is 7. The van der Waals surface area contributed by atoms with E-state index in [1.54, 1.807) is 7.11 Å². The van der Waals surface area contributed by atoms with Crippen molar-refractivity contribution in [3.05, 3.63) is 54.1 Å². The average molecular weight is 272 g/mol. The quantitative estimate of drug-likeness (QED) is 0.716. The van der Waals surface area contributed by atoms with Crippen LogP contribution in [0.15, 0.2) is 48.5 Å². The molecule has 0 aliphatic carbocycles. The molecule has 0 fully saturated rings. The monoisotopic (exact) mass is 272 g/mol. The smallest absolute Gasteiger partial charge is 0.119 e. The van der Waals surface area contributed by atoms with Crippen LogP contribution in [0.25, 0.3) is 0 Å². The number of benzene rings is 2. The maximum absolute atomic E-state index is 5.64. The van der Waals surface area contributed by atoms with Crippen molar-refractivity contribution in [2.75, 3.05) is 20.3 Å². The van der Waals surface area contributed by atoms with Crippen molar-refractivity contribution in [2.45, 2.75) is 13.3 Å². The Hall–Kier alpha value is -2.16. The van der Waals surface area contributed by atoms with E-state index < -0.39 is 0 Å². The van der Waals surface area contributed by atoms with E-state index in [2.05, 4.69) is 6.92 Å². The Balaban J connectivity index is 1.64. The third-order valence-electron chi connectivity index (χ3n) is 2.91. The summed E-state index contributed by atoms with van der Waals surface area (Å²) in [5.74, 6) is 2.58. The highest BCUT2D eigenvalue weighted by atomic mass is 16.5. The van der Waals surface area contributed by atoms with Gasteiger partial charge >= 0.3 is 0 Å². The molecule has 3 heteroatoms. The van der Waals surface area contributed by atoms with Crippen LogP contribution in [-0.4, -0.2) is 20.3 Å². The molecular formula is C17H20O3. The third-order valence-corrected chi connectivity index (χ3v) is 2.91. The molecule has 0 unspecified atom stereocenters. The molecule has 0 aliphatic rings. The first-order valence-electron chi connectivity index (χ1n) is 6.74. The van der Waals surface area contributed by atoms with E-state index in [1.807, 2.05) is 48.5 Å². The van der Waals surface area contributed by atoms with Crippen LogP contribution < -0.4 is 14.2 Å². The molecule has 0 aliphatic heterocycles. The Morgan fingerprint density at radius 2 is 1.15 bits per heavy atom. The van der Waals surface area contributed by atoms with Gasteiger partial charge < -0.3 is 14.2 Å². The van der Waals surface area contributed by atoms with Gasteiger partial charge in [-0.2, -0.15) is 0 Å². The lowest BCUT2D eigenvalue weighted by Crippen LogP contribution is -2.04. The van der Waals surface area contributed by atoms with Gasteiger partial charge in [-0.25, -0.2) is 0 Å². The molecule has 0 bridgehead atoms. The fraction of sp³-hybridized carbons (Fsp3) is 0.294. The molecule has 2 aromatic rings. The molecule has 0 amide bonds. The van der Waals surface area contributed by atoms with E-state index >= 15 is 0 Å². The summed E-state index contributed by atoms with van der Waals surface area (Å²) >= 11 is 0. The van der Waals surface area contributed by atoms with Crippen molar-refractivity contribution in [1.82, 2.24) is 0 Å². The second-order valence-corrected chi connectivity index (χ2v) is 4.54. The highest BCUT2D eigenvalue weighted by molar-refractivity contribution is 5.31. The van der Waals surface area contributed by atoms with Gasteiger partial charge in [0.15, 0.2) is 0 Å². The number of aryl methyl sites for hydroxylation is 1. The lowest BCUT2D eigenvalue weighted by molar-refractivity contribution is 0.247. The van der Waals surface area contributed by atoms with Gasteiger partial charge in [-0.15, -0.1) is 0 Å². The summed E-state index contributed by atoms with van der Waals surface area (Å²) in [7, 11) is 1.65. The van der Waals surface area contributed by atoms with Gasteiger partial charge in [-0.1, -0.05) is 17.7 Å². The van der Waals surface area contributed by atoms with Crippen LogP contribution in [0.3, 0.4) is 0 Å². The normalized spacial score (nSPS) is 10.1. The van der Waals surface area contributed by atoms with Crippen molar-refractivity contribution >= 4 is 0 Å². The van der Waals surface area contributed by atoms with Gasteiger partial charge in [-0.3, -0.25) is 0 Å². The summed E-state index contributed by atoms with van der Waals surface area (Å²) in [6, 6.07) is 15.6. The first-order chi connectivity index (χ1) is 9.78. The largest absolute Gasteiger partial charge is 0.497 e. The van der Waals surface area contributed by atoms with Crippen molar-refractivity contribution < 1.29 is 14.2 Å². The van der Waals surface area contributed by atoms with Gasteiger partial charge in [0.2, 0.25) is 0 Å². The molecule has 106 valence electrons. The molecule has 0 N–H and O–H groups in total. The Labute approximate surface area is 120 Å². The number of hydrogen-bond acceptors (Lipinski definition) is 3. The van der Waals surface area contributed by atoms with Crippen molar-refractivity contribution in [3.8, 4) is 17.2 Å². The molecule has 0 spiro atoms. The van der Waals surface area contributed by atoms with E-state index in [0.717, 1.165) is 23.7 Å². The van der Waals surface area contributed by atoms with Crippen LogP contribution in [-0.2, 0) is 0 Å². The SMILES string of the molecule is COc1ccc(OCCCOc2ccc(C)cc2)cc1. The van der Waals surface area contributed by atoms with Crippen molar-refractivity contribution in [2.24, 2.45) is 0 Å². The first kappa shape index (κ1) is 14.3. The van der Waals surface area contributed by atoms with Gasteiger partial charge in [0.05, 0.1) is 20.3 Å². The molecule has 3 nitrogen and oxygen atoms in total. The lowest BCUT2D eigenvalue weighted by atomic mass is 10.2. The standard InChI is InChI=1S/C17H20O3/c1-14-4-6-16(7-5-14)19-12-3-13-20-17-10-8-15(18-2)9-11-17/h4-11H,3,12-13H2,1-2H3. The minimum atomic E-state index is 0.637. The fourth-order valence-electron chi connectivity index (χ4n) is 1.75. The summed E-state index contributed by atoms with van der Waals surface area (Å²) in [6.07, 6.45) is 0.847. The number of methoxy groups -OCH3 is 1. The van der Waals surface area contributed by atoms with Crippen LogP contribution >= 0.6 is 0 Å². The maximum atomic E-state index is 5.64. The van der Waals surface area contributed by atoms with Crippen LogP contribution in [0.5, 0.6) is 17.2 Å². The predicted molar refractivity (Wildman–Crippen MR) is 79.8 cm³/mol. The number of hydrogen-bond donors (Lipinski definition) is 0. The molecule has 0 saturated carbocycles. The van der Waals surface area contributed by atoms with Gasteiger partial charge in [-0.05, 0) is 43.3 Å². The second-order valence-electron chi connectivity index (χ2n) is 4.54. The minimum absolute atomic E-state index is 0.637. The Morgan fingerprint density at radius 3 is 1.65 bits per heavy atom. The Bertz CT molecular complexity index is 503. The van der Waals surface area contributed by atoms with Crippen LogP contribution in [0.2, 0.25) is 0 Å². The molecule has 0 radical (unpaired) electrons. The summed E-state index contributed by atoms with van der Waals surface area (Å²) in [6.45, 7) is 3.35. The zero-order valence-electron chi connectivity index (χ0n) is 12.0. The molecule has 0 aromatic heterocycles. The molecular weight excluding hydrogens is 252 g/mol. The molecule has 0 saturated heterocycles.